The van der Waals surface area contributed by atoms with Crippen molar-refractivity contribution in [2.75, 3.05) is 19.7 Å². The first-order chi connectivity index (χ1) is 11.2. The Balaban J connectivity index is 1.80. The van der Waals surface area contributed by atoms with Crippen molar-refractivity contribution in [3.8, 4) is 0 Å². The summed E-state index contributed by atoms with van der Waals surface area (Å²) < 4.78 is 4.97. The van der Waals surface area contributed by atoms with Crippen LogP contribution in [0.3, 0.4) is 0 Å². The maximum atomic E-state index is 12.3. The summed E-state index contributed by atoms with van der Waals surface area (Å²) in [6.07, 6.45) is 1.39. The summed E-state index contributed by atoms with van der Waals surface area (Å²) >= 11 is 0. The lowest BCUT2D eigenvalue weighted by Gasteiger charge is -2.09. The van der Waals surface area contributed by atoms with Crippen LogP contribution in [0.4, 0.5) is 4.79 Å². The number of amides is 2. The topological polar surface area (TPSA) is 67.4 Å². The molecule has 2 aromatic rings. The highest BCUT2D eigenvalue weighted by Crippen LogP contribution is 2.18. The summed E-state index contributed by atoms with van der Waals surface area (Å²) in [4.78, 5) is 23.6. The van der Waals surface area contributed by atoms with Crippen LogP contribution in [0.25, 0.3) is 10.8 Å². The van der Waals surface area contributed by atoms with E-state index in [0.717, 1.165) is 23.6 Å². The Morgan fingerprint density at radius 2 is 1.74 bits per heavy atom. The molecule has 23 heavy (non-hydrogen) atoms. The van der Waals surface area contributed by atoms with Crippen molar-refractivity contribution in [3.05, 3.63) is 48.0 Å². The Morgan fingerprint density at radius 1 is 1.00 bits per heavy atom. The molecule has 5 heteroatoms. The van der Waals surface area contributed by atoms with Gasteiger partial charge in [-0.3, -0.25) is 4.79 Å². The van der Waals surface area contributed by atoms with Gasteiger partial charge in [0, 0.05) is 18.7 Å². The number of alkyl carbamates (subject to hydrolysis) is 1. The molecule has 0 atom stereocenters. The highest BCUT2D eigenvalue weighted by molar-refractivity contribution is 6.06. The Labute approximate surface area is 136 Å². The molecule has 0 unspecified atom stereocenters. The number of rotatable bonds is 7. The van der Waals surface area contributed by atoms with Crippen LogP contribution < -0.4 is 10.6 Å². The monoisotopic (exact) mass is 314 g/mol. The van der Waals surface area contributed by atoms with Gasteiger partial charge in [0.25, 0.3) is 5.91 Å². The zero-order valence-corrected chi connectivity index (χ0v) is 13.3. The van der Waals surface area contributed by atoms with E-state index in [1.54, 1.807) is 6.07 Å². The normalized spacial score (nSPS) is 10.3. The van der Waals surface area contributed by atoms with Crippen LogP contribution in [0.5, 0.6) is 0 Å². The molecule has 0 aromatic heterocycles. The Kier molecular flexibility index (Phi) is 6.41. The molecule has 0 aliphatic carbocycles. The first-order valence-corrected chi connectivity index (χ1v) is 7.89. The number of hydrogen-bond donors (Lipinski definition) is 2. The average Bonchev–Trinajstić information content (AvgIpc) is 2.58. The van der Waals surface area contributed by atoms with E-state index in [1.807, 2.05) is 43.3 Å². The summed E-state index contributed by atoms with van der Waals surface area (Å²) in [5.41, 5.74) is 0.633. The molecule has 2 N–H and O–H groups in total. The predicted molar refractivity (Wildman–Crippen MR) is 90.5 cm³/mol. The number of carbonyl (C=O) groups is 2. The smallest absolute Gasteiger partial charge is 0.407 e. The molecule has 2 rings (SSSR count). The van der Waals surface area contributed by atoms with Crippen molar-refractivity contribution < 1.29 is 14.3 Å². The third-order valence-electron chi connectivity index (χ3n) is 3.45. The lowest BCUT2D eigenvalue weighted by atomic mass is 10.0. The lowest BCUT2D eigenvalue weighted by Crippen LogP contribution is -2.35. The van der Waals surface area contributed by atoms with Gasteiger partial charge in [0.2, 0.25) is 0 Å². The van der Waals surface area contributed by atoms with Crippen molar-refractivity contribution in [3.63, 3.8) is 0 Å². The van der Waals surface area contributed by atoms with Crippen LogP contribution in [0.2, 0.25) is 0 Å². The first-order valence-electron chi connectivity index (χ1n) is 7.89. The summed E-state index contributed by atoms with van der Waals surface area (Å²) in [5, 5.41) is 7.36. The van der Waals surface area contributed by atoms with Gasteiger partial charge in [0.1, 0.15) is 0 Å². The molecule has 0 aliphatic rings. The van der Waals surface area contributed by atoms with Gasteiger partial charge in [-0.15, -0.1) is 0 Å². The number of benzene rings is 2. The summed E-state index contributed by atoms with van der Waals surface area (Å²) in [6.45, 7) is 3.14. The SMILES string of the molecule is CCCCOC(=O)NCCNC(=O)c1cccc2ccccc12. The third kappa shape index (κ3) is 4.98. The second-order valence-electron chi connectivity index (χ2n) is 5.20. The number of hydrogen-bond acceptors (Lipinski definition) is 3. The zero-order valence-electron chi connectivity index (χ0n) is 13.3. The fourth-order valence-electron chi connectivity index (χ4n) is 2.22. The Hall–Kier alpha value is -2.56. The summed E-state index contributed by atoms with van der Waals surface area (Å²) in [6, 6.07) is 13.4. The minimum Gasteiger partial charge on any atom is -0.450 e. The number of fused-ring (bicyclic) bond motifs is 1. The van der Waals surface area contributed by atoms with Crippen molar-refractivity contribution in [1.82, 2.24) is 10.6 Å². The van der Waals surface area contributed by atoms with Crippen LogP contribution in [0, 0.1) is 0 Å². The van der Waals surface area contributed by atoms with Crippen molar-refractivity contribution in [2.24, 2.45) is 0 Å². The van der Waals surface area contributed by atoms with Crippen molar-refractivity contribution in [2.45, 2.75) is 19.8 Å². The van der Waals surface area contributed by atoms with E-state index in [1.165, 1.54) is 0 Å². The minimum atomic E-state index is -0.446. The number of unbranched alkanes of at least 4 members (excludes halogenated alkanes) is 1. The van der Waals surface area contributed by atoms with E-state index in [4.69, 9.17) is 4.74 Å². The molecule has 0 bridgehead atoms. The fourth-order valence-corrected chi connectivity index (χ4v) is 2.22. The van der Waals surface area contributed by atoms with Gasteiger partial charge in [-0.1, -0.05) is 49.7 Å². The van der Waals surface area contributed by atoms with Crippen molar-refractivity contribution >= 4 is 22.8 Å². The van der Waals surface area contributed by atoms with Crippen LogP contribution in [0.15, 0.2) is 42.5 Å². The molecule has 0 fully saturated rings. The average molecular weight is 314 g/mol. The molecule has 0 aliphatic heterocycles. The Bertz CT molecular complexity index is 665. The van der Waals surface area contributed by atoms with Crippen LogP contribution in [0.1, 0.15) is 30.1 Å². The van der Waals surface area contributed by atoms with Gasteiger partial charge in [-0.25, -0.2) is 4.79 Å². The van der Waals surface area contributed by atoms with Gasteiger partial charge in [-0.2, -0.15) is 0 Å². The molecule has 2 aromatic carbocycles. The summed E-state index contributed by atoms with van der Waals surface area (Å²) in [7, 11) is 0. The molecule has 0 saturated heterocycles. The van der Waals surface area contributed by atoms with Crippen molar-refractivity contribution in [1.29, 1.82) is 0 Å². The number of ether oxygens (including phenoxy) is 1. The van der Waals surface area contributed by atoms with Crippen LogP contribution in [-0.4, -0.2) is 31.7 Å². The fraction of sp³-hybridized carbons (Fsp3) is 0.333. The molecule has 2 amide bonds. The van der Waals surface area contributed by atoms with E-state index in [0.29, 0.717) is 25.3 Å². The predicted octanol–water partition coefficient (Wildman–Crippen LogP) is 3.10. The van der Waals surface area contributed by atoms with Gasteiger partial charge >= 0.3 is 6.09 Å². The quantitative estimate of drug-likeness (QED) is 0.772. The maximum Gasteiger partial charge on any atom is 0.407 e. The summed E-state index contributed by atoms with van der Waals surface area (Å²) in [5.74, 6) is -0.150. The van der Waals surface area contributed by atoms with Gasteiger partial charge < -0.3 is 15.4 Å². The second kappa shape index (κ2) is 8.78. The molecule has 122 valence electrons. The Morgan fingerprint density at radius 3 is 2.57 bits per heavy atom. The van der Waals surface area contributed by atoms with E-state index in [2.05, 4.69) is 10.6 Å². The van der Waals surface area contributed by atoms with Gasteiger partial charge in [-0.05, 0) is 23.3 Å². The van der Waals surface area contributed by atoms with E-state index in [-0.39, 0.29) is 5.91 Å². The zero-order chi connectivity index (χ0) is 16.5. The van der Waals surface area contributed by atoms with E-state index in [9.17, 15) is 9.59 Å². The molecule has 0 heterocycles. The largest absolute Gasteiger partial charge is 0.450 e. The molecular formula is C18H22N2O3. The van der Waals surface area contributed by atoms with E-state index >= 15 is 0 Å². The van der Waals surface area contributed by atoms with Crippen LogP contribution >= 0.6 is 0 Å². The second-order valence-corrected chi connectivity index (χ2v) is 5.20. The standard InChI is InChI=1S/C18H22N2O3/c1-2-3-13-23-18(22)20-12-11-19-17(21)16-10-6-8-14-7-4-5-9-15(14)16/h4-10H,2-3,11-13H2,1H3,(H,19,21)(H,20,22). The van der Waals surface area contributed by atoms with Gasteiger partial charge in [0.05, 0.1) is 6.61 Å². The highest BCUT2D eigenvalue weighted by Gasteiger charge is 2.09. The van der Waals surface area contributed by atoms with E-state index < -0.39 is 6.09 Å². The highest BCUT2D eigenvalue weighted by atomic mass is 16.5. The lowest BCUT2D eigenvalue weighted by molar-refractivity contribution is 0.0953. The molecule has 0 saturated carbocycles. The number of carbonyl (C=O) groups excluding carboxylic acids is 2. The van der Waals surface area contributed by atoms with Gasteiger partial charge in [0.15, 0.2) is 0 Å². The molecule has 5 nitrogen and oxygen atoms in total. The minimum absolute atomic E-state index is 0.150. The molecular weight excluding hydrogens is 292 g/mol. The molecule has 0 spiro atoms. The maximum absolute atomic E-state index is 12.3. The number of nitrogens with one attached hydrogen (secondary N) is 2. The van der Waals surface area contributed by atoms with Crippen LogP contribution in [-0.2, 0) is 4.74 Å². The third-order valence-corrected chi connectivity index (χ3v) is 3.45. The first kappa shape index (κ1) is 16.8. The molecule has 0 radical (unpaired) electrons.